The van der Waals surface area contributed by atoms with E-state index >= 15 is 0 Å². The van der Waals surface area contributed by atoms with Crippen LogP contribution in [0.3, 0.4) is 0 Å². The monoisotopic (exact) mass is 490 g/mol. The molecule has 1 saturated heterocycles. The van der Waals surface area contributed by atoms with E-state index in [1.807, 2.05) is 0 Å². The molecule has 1 N–H and O–H groups in total. The number of ketones is 1. The number of halogens is 2. The van der Waals surface area contributed by atoms with Gasteiger partial charge in [-0.05, 0) is 49.2 Å². The van der Waals surface area contributed by atoms with E-state index in [9.17, 15) is 14.7 Å². The zero-order valence-electron chi connectivity index (χ0n) is 19.0. The van der Waals surface area contributed by atoms with Crippen LogP contribution in [0.1, 0.15) is 37.4 Å². The highest BCUT2D eigenvalue weighted by molar-refractivity contribution is 6.46. The van der Waals surface area contributed by atoms with Crippen molar-refractivity contribution in [2.45, 2.75) is 26.3 Å². The molecule has 8 heteroatoms. The van der Waals surface area contributed by atoms with Crippen molar-refractivity contribution in [3.8, 4) is 5.75 Å². The maximum atomic E-state index is 13.5. The van der Waals surface area contributed by atoms with Crippen molar-refractivity contribution in [1.82, 2.24) is 4.90 Å². The average Bonchev–Trinajstić information content (AvgIpc) is 3.06. The lowest BCUT2D eigenvalue weighted by Crippen LogP contribution is -3.11. The molecule has 1 aliphatic heterocycles. The average molecular weight is 491 g/mol. The molecular weight excluding hydrogens is 463 g/mol. The fourth-order valence-corrected chi connectivity index (χ4v) is 4.65. The molecule has 0 aromatic heterocycles. The van der Waals surface area contributed by atoms with E-state index in [1.165, 1.54) is 23.0 Å². The molecule has 1 amide bonds. The Bertz CT molecular complexity index is 1070. The highest BCUT2D eigenvalue weighted by Gasteiger charge is 2.44. The number of quaternary nitrogens is 1. The molecule has 6 nitrogen and oxygen atoms in total. The summed E-state index contributed by atoms with van der Waals surface area (Å²) in [5.41, 5.74) is 0.761. The number of nitrogens with zero attached hydrogens (tertiary/aromatic N) is 1. The standard InChI is InChI=1S/C25H28Cl2N2O4/c1-4-28(5-2)12-7-13-29-22(16-8-6-9-18(26)14-16)21(24(31)25(29)32)23(30)17-10-11-20(33-3)19(27)15-17/h6,8-11,14-15,22,30H,4-5,7,12-13H2,1-3H3/b23-21+. The number of hydrogen-bond acceptors (Lipinski definition) is 4. The van der Waals surface area contributed by atoms with Gasteiger partial charge < -0.3 is 19.6 Å². The molecular formula is C25H28Cl2N2O4. The Morgan fingerprint density at radius 3 is 2.45 bits per heavy atom. The Labute approximate surface area is 204 Å². The summed E-state index contributed by atoms with van der Waals surface area (Å²) in [4.78, 5) is 29.0. The normalized spacial score (nSPS) is 17.8. The lowest BCUT2D eigenvalue weighted by Gasteiger charge is -2.28. The molecule has 1 heterocycles. The summed E-state index contributed by atoms with van der Waals surface area (Å²) in [6, 6.07) is 10.7. The third-order valence-electron chi connectivity index (χ3n) is 6.04. The molecule has 1 atom stereocenters. The van der Waals surface area contributed by atoms with Gasteiger partial charge in [0.05, 0.1) is 37.8 Å². The minimum absolute atomic E-state index is 0.0845. The number of carbonyl (C=O) groups excluding carboxylic acids is 2. The second-order valence-corrected chi connectivity index (χ2v) is 8.78. The van der Waals surface area contributed by atoms with Gasteiger partial charge in [-0.2, -0.15) is 0 Å². The Morgan fingerprint density at radius 2 is 1.85 bits per heavy atom. The van der Waals surface area contributed by atoms with Crippen LogP contribution in [0.5, 0.6) is 5.75 Å². The van der Waals surface area contributed by atoms with E-state index in [-0.39, 0.29) is 16.2 Å². The quantitative estimate of drug-likeness (QED) is 0.333. The fourth-order valence-electron chi connectivity index (χ4n) is 4.19. The Balaban J connectivity index is 2.05. The number of nitrogens with one attached hydrogen (secondary N) is 1. The van der Waals surface area contributed by atoms with Crippen molar-refractivity contribution in [3.63, 3.8) is 0 Å². The van der Waals surface area contributed by atoms with E-state index in [2.05, 4.69) is 13.8 Å². The second-order valence-electron chi connectivity index (χ2n) is 7.94. The predicted octanol–water partition coefficient (Wildman–Crippen LogP) is 2.54. The molecule has 0 radical (unpaired) electrons. The van der Waals surface area contributed by atoms with Crippen molar-refractivity contribution in [3.05, 3.63) is 69.2 Å². The summed E-state index contributed by atoms with van der Waals surface area (Å²) in [5.74, 6) is -1.57. The van der Waals surface area contributed by atoms with Gasteiger partial charge in [0.25, 0.3) is 5.91 Å². The second kappa shape index (κ2) is 11.1. The van der Waals surface area contributed by atoms with Gasteiger partial charge in [-0.15, -0.1) is 0 Å². The third-order valence-corrected chi connectivity index (χ3v) is 6.57. The molecule has 3 rings (SSSR count). The molecule has 0 saturated carbocycles. The number of amides is 1. The smallest absolute Gasteiger partial charge is 0.295 e. The van der Waals surface area contributed by atoms with Gasteiger partial charge in [-0.1, -0.05) is 47.2 Å². The SMILES string of the molecule is CC[NH+](CC)CCCN1C(=O)C(=O)/C(=C(/[O-])c2ccc(OC)c(Cl)c2)C1c1cccc(Cl)c1. The number of ether oxygens (including phenoxy) is 1. The van der Waals surface area contributed by atoms with Crippen LogP contribution in [0.4, 0.5) is 0 Å². The van der Waals surface area contributed by atoms with Crippen molar-refractivity contribution in [2.75, 3.05) is 33.3 Å². The molecule has 0 spiro atoms. The predicted molar refractivity (Wildman–Crippen MR) is 127 cm³/mol. The Hall–Kier alpha value is -2.54. The van der Waals surface area contributed by atoms with Crippen LogP contribution >= 0.6 is 23.2 Å². The summed E-state index contributed by atoms with van der Waals surface area (Å²) in [6.07, 6.45) is 0.711. The Kier molecular flexibility index (Phi) is 8.40. The van der Waals surface area contributed by atoms with E-state index < -0.39 is 23.5 Å². The van der Waals surface area contributed by atoms with Crippen LogP contribution in [0.15, 0.2) is 48.0 Å². The lowest BCUT2D eigenvalue weighted by atomic mass is 9.95. The molecule has 1 fully saturated rings. The molecule has 2 aromatic carbocycles. The first-order valence-corrected chi connectivity index (χ1v) is 11.8. The molecule has 0 bridgehead atoms. The van der Waals surface area contributed by atoms with Gasteiger partial charge in [-0.25, -0.2) is 0 Å². The van der Waals surface area contributed by atoms with Crippen molar-refractivity contribution in [1.29, 1.82) is 0 Å². The highest BCUT2D eigenvalue weighted by Crippen LogP contribution is 2.40. The Morgan fingerprint density at radius 1 is 1.12 bits per heavy atom. The van der Waals surface area contributed by atoms with E-state index in [4.69, 9.17) is 27.9 Å². The number of carbonyl (C=O) groups is 2. The number of likely N-dealkylation sites (tertiary alicyclic amines) is 1. The van der Waals surface area contributed by atoms with E-state index in [0.717, 1.165) is 19.6 Å². The minimum Gasteiger partial charge on any atom is -0.872 e. The van der Waals surface area contributed by atoms with Crippen LogP contribution in [-0.4, -0.2) is 49.9 Å². The maximum Gasteiger partial charge on any atom is 0.295 e. The van der Waals surface area contributed by atoms with E-state index in [1.54, 1.807) is 36.4 Å². The molecule has 1 aliphatic rings. The van der Waals surface area contributed by atoms with Gasteiger partial charge in [0, 0.05) is 23.6 Å². The number of methoxy groups -OCH3 is 1. The van der Waals surface area contributed by atoms with Crippen LogP contribution in [0.25, 0.3) is 5.76 Å². The number of rotatable bonds is 9. The third kappa shape index (κ3) is 5.35. The molecule has 0 aliphatic carbocycles. The largest absolute Gasteiger partial charge is 0.872 e. The molecule has 1 unspecified atom stereocenters. The summed E-state index contributed by atoms with van der Waals surface area (Å²) in [6.45, 7) is 7.42. The number of hydrogen-bond donors (Lipinski definition) is 1. The minimum atomic E-state index is -0.802. The first kappa shape index (κ1) is 25.1. The van der Waals surface area contributed by atoms with Crippen molar-refractivity contribution in [2.24, 2.45) is 0 Å². The van der Waals surface area contributed by atoms with Gasteiger partial charge in [0.1, 0.15) is 5.75 Å². The highest BCUT2D eigenvalue weighted by atomic mass is 35.5. The van der Waals surface area contributed by atoms with E-state index in [0.29, 0.717) is 29.3 Å². The van der Waals surface area contributed by atoms with Crippen LogP contribution in [0.2, 0.25) is 10.0 Å². The summed E-state index contributed by atoms with van der Waals surface area (Å²) in [5, 5.41) is 14.2. The maximum absolute atomic E-state index is 13.5. The molecule has 33 heavy (non-hydrogen) atoms. The van der Waals surface area contributed by atoms with Gasteiger partial charge in [0.2, 0.25) is 5.78 Å². The van der Waals surface area contributed by atoms with Gasteiger partial charge in [-0.3, -0.25) is 9.59 Å². The lowest BCUT2D eigenvalue weighted by molar-refractivity contribution is -0.896. The molecule has 2 aromatic rings. The summed E-state index contributed by atoms with van der Waals surface area (Å²) >= 11 is 12.4. The van der Waals surface area contributed by atoms with Crippen LogP contribution in [-0.2, 0) is 9.59 Å². The van der Waals surface area contributed by atoms with Gasteiger partial charge >= 0.3 is 0 Å². The zero-order chi connectivity index (χ0) is 24.1. The fraction of sp³-hybridized carbons (Fsp3) is 0.360. The summed E-state index contributed by atoms with van der Waals surface area (Å²) < 4.78 is 5.15. The first-order valence-electron chi connectivity index (χ1n) is 11.0. The first-order chi connectivity index (χ1) is 15.8. The van der Waals surface area contributed by atoms with Gasteiger partial charge in [0.15, 0.2) is 0 Å². The van der Waals surface area contributed by atoms with Crippen LogP contribution in [0, 0.1) is 0 Å². The number of Topliss-reactive ketones (excluding diaryl/α,β-unsaturated/α-hetero) is 1. The van der Waals surface area contributed by atoms with Crippen molar-refractivity contribution >= 4 is 40.7 Å². The van der Waals surface area contributed by atoms with Crippen LogP contribution < -0.4 is 14.7 Å². The zero-order valence-corrected chi connectivity index (χ0v) is 20.5. The number of benzene rings is 2. The van der Waals surface area contributed by atoms with Crippen molar-refractivity contribution < 1.29 is 24.3 Å². The topological polar surface area (TPSA) is 74.1 Å². The summed E-state index contributed by atoms with van der Waals surface area (Å²) in [7, 11) is 1.48. The molecule has 176 valence electrons.